The number of anilines is 1. The van der Waals surface area contributed by atoms with Crippen LogP contribution in [0.1, 0.15) is 19.4 Å². The van der Waals surface area contributed by atoms with E-state index in [2.05, 4.69) is 10.3 Å². The number of hydrogen-bond donors (Lipinski definition) is 2. The number of halogens is 3. The van der Waals surface area contributed by atoms with Crippen molar-refractivity contribution < 1.29 is 22.2 Å². The van der Waals surface area contributed by atoms with E-state index in [0.29, 0.717) is 10.6 Å². The van der Waals surface area contributed by atoms with Crippen LogP contribution in [0.3, 0.4) is 0 Å². The maximum atomic E-state index is 12.4. The number of carbonyl (C=O) groups is 1. The fourth-order valence-corrected chi connectivity index (χ4v) is 3.29. The average molecular weight is 377 g/mol. The molecule has 0 radical (unpaired) electrons. The van der Waals surface area contributed by atoms with Crippen LogP contribution in [-0.4, -0.2) is 32.0 Å². The Morgan fingerprint density at radius 1 is 1.38 bits per heavy atom. The van der Waals surface area contributed by atoms with Crippen LogP contribution in [0.4, 0.5) is 18.9 Å². The minimum Gasteiger partial charge on any atom is -0.325 e. The summed E-state index contributed by atoms with van der Waals surface area (Å²) in [5, 5.41) is 4.72. The van der Waals surface area contributed by atoms with Gasteiger partial charge in [-0.15, -0.1) is 0 Å². The number of nitrogens with one attached hydrogen (secondary N) is 2. The molecule has 0 bridgehead atoms. The molecule has 5 nitrogen and oxygen atoms in total. The number of hydrogen-bond acceptors (Lipinski definition) is 4. The largest absolute Gasteiger partial charge is 0.471 e. The summed E-state index contributed by atoms with van der Waals surface area (Å²) in [7, 11) is -1.64. The van der Waals surface area contributed by atoms with Crippen LogP contribution in [0.15, 0.2) is 29.3 Å². The molecule has 0 spiro atoms. The van der Waals surface area contributed by atoms with Gasteiger partial charge in [-0.2, -0.15) is 13.2 Å². The molecule has 1 aliphatic rings. The molecule has 24 heavy (non-hydrogen) atoms. The minimum absolute atomic E-state index is 0.0476. The van der Waals surface area contributed by atoms with E-state index in [9.17, 15) is 22.2 Å². The molecule has 1 aliphatic heterocycles. The molecule has 0 saturated heterocycles. The van der Waals surface area contributed by atoms with Gasteiger partial charge in [0.15, 0.2) is 5.17 Å². The first-order valence-electron chi connectivity index (χ1n) is 6.76. The summed E-state index contributed by atoms with van der Waals surface area (Å²) in [5.41, 5.74) is -0.424. The van der Waals surface area contributed by atoms with Gasteiger partial charge < -0.3 is 10.6 Å². The maximum absolute atomic E-state index is 12.4. The van der Waals surface area contributed by atoms with E-state index >= 15 is 0 Å². The lowest BCUT2D eigenvalue weighted by atomic mass is 10.1. The monoisotopic (exact) mass is 377 g/mol. The van der Waals surface area contributed by atoms with Crippen molar-refractivity contribution in [3.8, 4) is 0 Å². The van der Waals surface area contributed by atoms with Crippen molar-refractivity contribution in [1.29, 1.82) is 0 Å². The Kier molecular flexibility index (Phi) is 5.09. The quantitative estimate of drug-likeness (QED) is 0.794. The molecule has 1 aromatic carbocycles. The highest BCUT2D eigenvalue weighted by atomic mass is 32.2. The summed E-state index contributed by atoms with van der Waals surface area (Å²) < 4.78 is 49.6. The molecule has 0 fully saturated rings. The Morgan fingerprint density at radius 3 is 2.54 bits per heavy atom. The van der Waals surface area contributed by atoms with Crippen LogP contribution < -0.4 is 10.6 Å². The van der Waals surface area contributed by atoms with E-state index in [-0.39, 0.29) is 16.6 Å². The normalized spacial score (nSPS) is 17.9. The first-order valence-corrected chi connectivity index (χ1v) is 8.49. The number of carbonyl (C=O) groups excluding carboxylic acids is 1. The molecule has 2 N–H and O–H groups in total. The molecular weight excluding hydrogens is 363 g/mol. The second-order valence-corrected chi connectivity index (χ2v) is 7.30. The summed E-state index contributed by atoms with van der Waals surface area (Å²) in [6.07, 6.45) is -5.00. The predicted octanol–water partition coefficient (Wildman–Crippen LogP) is 2.50. The number of aliphatic imine (C=N–C) groups is 1. The molecule has 1 amide bonds. The number of amidine groups is 1. The van der Waals surface area contributed by atoms with E-state index in [1.54, 1.807) is 25.2 Å². The summed E-state index contributed by atoms with van der Waals surface area (Å²) in [5.74, 6) is -2.20. The number of nitrogens with zero attached hydrogens (tertiary/aromatic N) is 1. The van der Waals surface area contributed by atoms with Crippen molar-refractivity contribution in [2.75, 3.05) is 5.32 Å². The van der Waals surface area contributed by atoms with Gasteiger partial charge in [0.1, 0.15) is 10.5 Å². The maximum Gasteiger partial charge on any atom is 0.471 e. The summed E-state index contributed by atoms with van der Waals surface area (Å²) in [4.78, 5) is 15.7. The summed E-state index contributed by atoms with van der Waals surface area (Å²) in [6.45, 7) is 3.51. The molecule has 1 aromatic rings. The van der Waals surface area contributed by atoms with Crippen LogP contribution in [0, 0.1) is 0 Å². The molecule has 0 saturated carbocycles. The van der Waals surface area contributed by atoms with Gasteiger partial charge in [-0.25, -0.2) is 4.99 Å². The zero-order valence-electron chi connectivity index (χ0n) is 12.7. The standard InChI is InChI=1S/C14H14F3N3O2S2/c1-13(2)11(23)19-12(20-13)24(22)7-8-5-3-4-6-9(8)18-10(21)14(15,16)17/h3-6H,7H2,1-2H3,(H,18,21)(H,19,20,23). The van der Waals surface area contributed by atoms with Crippen molar-refractivity contribution in [2.24, 2.45) is 4.99 Å². The Bertz CT molecular complexity index is 745. The third-order valence-electron chi connectivity index (χ3n) is 3.18. The number of alkyl halides is 3. The molecule has 1 unspecified atom stereocenters. The zero-order chi connectivity index (χ0) is 18.1. The van der Waals surface area contributed by atoms with Crippen LogP contribution in [0.25, 0.3) is 0 Å². The first-order chi connectivity index (χ1) is 11.0. The third kappa shape index (κ3) is 4.18. The molecule has 1 heterocycles. The smallest absolute Gasteiger partial charge is 0.325 e. The van der Waals surface area contributed by atoms with Gasteiger partial charge in [0.2, 0.25) is 0 Å². The van der Waals surface area contributed by atoms with Gasteiger partial charge in [-0.3, -0.25) is 9.00 Å². The summed E-state index contributed by atoms with van der Waals surface area (Å²) in [6, 6.07) is 5.85. The predicted molar refractivity (Wildman–Crippen MR) is 90.2 cm³/mol. The molecule has 10 heteroatoms. The van der Waals surface area contributed by atoms with E-state index in [1.807, 2.05) is 0 Å². The molecule has 1 atom stereocenters. The number of thiocarbonyl (C=S) groups is 1. The van der Waals surface area contributed by atoms with Crippen molar-refractivity contribution in [2.45, 2.75) is 31.3 Å². The topological polar surface area (TPSA) is 70.6 Å². The van der Waals surface area contributed by atoms with E-state index in [1.165, 1.54) is 18.2 Å². The lowest BCUT2D eigenvalue weighted by molar-refractivity contribution is -0.167. The van der Waals surface area contributed by atoms with Crippen LogP contribution in [-0.2, 0) is 21.3 Å². The molecule has 0 aliphatic carbocycles. The Morgan fingerprint density at radius 2 is 2.00 bits per heavy atom. The van der Waals surface area contributed by atoms with Gasteiger partial charge >= 0.3 is 12.1 Å². The highest BCUT2D eigenvalue weighted by Crippen LogP contribution is 2.23. The van der Waals surface area contributed by atoms with Crippen LogP contribution in [0.5, 0.6) is 0 Å². The Balaban J connectivity index is 2.18. The SMILES string of the molecule is CC1(C)N=C(S(=O)Cc2ccccc2NC(=O)C(F)(F)F)NC1=S. The average Bonchev–Trinajstić information content (AvgIpc) is 2.74. The van der Waals surface area contributed by atoms with Crippen molar-refractivity contribution in [1.82, 2.24) is 5.32 Å². The van der Waals surface area contributed by atoms with Crippen LogP contribution >= 0.6 is 12.2 Å². The Hall–Kier alpha value is -1.81. The lowest BCUT2D eigenvalue weighted by Gasteiger charge is -2.12. The third-order valence-corrected chi connectivity index (χ3v) is 4.98. The highest BCUT2D eigenvalue weighted by molar-refractivity contribution is 8.00. The Labute approximate surface area is 144 Å². The van der Waals surface area contributed by atoms with Crippen LogP contribution in [0.2, 0.25) is 0 Å². The second-order valence-electron chi connectivity index (χ2n) is 5.53. The first kappa shape index (κ1) is 18.5. The van der Waals surface area contributed by atoms with Gasteiger partial charge in [0, 0.05) is 5.69 Å². The zero-order valence-corrected chi connectivity index (χ0v) is 14.4. The van der Waals surface area contributed by atoms with Gasteiger partial charge in [0.25, 0.3) is 0 Å². The number of benzene rings is 1. The number of amides is 1. The van der Waals surface area contributed by atoms with E-state index < -0.39 is 28.4 Å². The van der Waals surface area contributed by atoms with E-state index in [0.717, 1.165) is 0 Å². The highest BCUT2D eigenvalue weighted by Gasteiger charge is 2.39. The fraction of sp³-hybridized carbons (Fsp3) is 0.357. The number of rotatable bonds is 3. The van der Waals surface area contributed by atoms with Crippen molar-refractivity contribution in [3.63, 3.8) is 0 Å². The molecule has 130 valence electrons. The number of para-hydroxylation sites is 1. The minimum atomic E-state index is -5.00. The van der Waals surface area contributed by atoms with Gasteiger partial charge in [-0.1, -0.05) is 30.4 Å². The lowest BCUT2D eigenvalue weighted by Crippen LogP contribution is -2.34. The van der Waals surface area contributed by atoms with Gasteiger partial charge in [0.05, 0.1) is 16.6 Å². The van der Waals surface area contributed by atoms with Crippen molar-refractivity contribution in [3.05, 3.63) is 29.8 Å². The van der Waals surface area contributed by atoms with Gasteiger partial charge in [-0.05, 0) is 25.5 Å². The molecule has 2 rings (SSSR count). The summed E-state index contributed by atoms with van der Waals surface area (Å²) >= 11 is 5.10. The van der Waals surface area contributed by atoms with E-state index in [4.69, 9.17) is 12.2 Å². The second kappa shape index (κ2) is 6.60. The van der Waals surface area contributed by atoms with Crippen molar-refractivity contribution >= 4 is 44.8 Å². The molecule has 0 aromatic heterocycles. The molecular formula is C14H14F3N3O2S2. The fourth-order valence-electron chi connectivity index (χ4n) is 1.86.